The molecule has 1 atom stereocenters. The van der Waals surface area contributed by atoms with Crippen LogP contribution in [0, 0.1) is 0 Å². The monoisotopic (exact) mass is 273 g/mol. The number of nitrogens with two attached hydrogens (primary N) is 1. The Morgan fingerprint density at radius 1 is 1.57 bits per heavy atom. The lowest BCUT2D eigenvalue weighted by Gasteiger charge is -2.11. The standard InChI is InChI=1S/C11H13BrClN/c1-2-3-4-11(14)8-5-6-10(13)9(12)7-8/h2,5-7,11H,1,3-4,14H2. The maximum Gasteiger partial charge on any atom is 0.0548 e. The third kappa shape index (κ3) is 3.12. The predicted molar refractivity (Wildman–Crippen MR) is 65.5 cm³/mol. The molecule has 0 saturated heterocycles. The molecule has 1 nitrogen and oxygen atoms in total. The summed E-state index contributed by atoms with van der Waals surface area (Å²) in [6.07, 6.45) is 3.73. The molecule has 0 aliphatic heterocycles. The van der Waals surface area contributed by atoms with Gasteiger partial charge in [0.2, 0.25) is 0 Å². The number of benzene rings is 1. The highest BCUT2D eigenvalue weighted by Crippen LogP contribution is 2.26. The first-order valence-electron chi connectivity index (χ1n) is 4.46. The van der Waals surface area contributed by atoms with Crippen molar-refractivity contribution in [3.8, 4) is 0 Å². The lowest BCUT2D eigenvalue weighted by atomic mass is 10.0. The minimum absolute atomic E-state index is 0.0570. The molecule has 0 heterocycles. The van der Waals surface area contributed by atoms with Gasteiger partial charge >= 0.3 is 0 Å². The molecule has 0 radical (unpaired) electrons. The topological polar surface area (TPSA) is 26.0 Å². The Balaban J connectivity index is 2.75. The van der Waals surface area contributed by atoms with Gasteiger partial charge in [-0.1, -0.05) is 23.7 Å². The summed E-state index contributed by atoms with van der Waals surface area (Å²) < 4.78 is 0.894. The summed E-state index contributed by atoms with van der Waals surface area (Å²) in [6, 6.07) is 5.84. The number of allylic oxidation sites excluding steroid dienone is 1. The van der Waals surface area contributed by atoms with Gasteiger partial charge in [-0.25, -0.2) is 0 Å². The quantitative estimate of drug-likeness (QED) is 0.823. The summed E-state index contributed by atoms with van der Waals surface area (Å²) in [5, 5.41) is 0.713. The van der Waals surface area contributed by atoms with E-state index >= 15 is 0 Å². The summed E-state index contributed by atoms with van der Waals surface area (Å²) in [4.78, 5) is 0. The van der Waals surface area contributed by atoms with Gasteiger partial charge in [0.1, 0.15) is 0 Å². The average molecular weight is 275 g/mol. The van der Waals surface area contributed by atoms with Crippen molar-refractivity contribution < 1.29 is 0 Å². The Bertz CT molecular complexity index is 325. The normalized spacial score (nSPS) is 12.5. The molecule has 1 rings (SSSR count). The van der Waals surface area contributed by atoms with Gasteiger partial charge in [0, 0.05) is 10.5 Å². The van der Waals surface area contributed by atoms with Crippen LogP contribution in [0.2, 0.25) is 5.02 Å². The maximum atomic E-state index is 5.99. The molecule has 1 unspecified atom stereocenters. The molecule has 0 spiro atoms. The minimum Gasteiger partial charge on any atom is -0.324 e. The molecule has 0 aromatic heterocycles. The van der Waals surface area contributed by atoms with E-state index in [1.165, 1.54) is 0 Å². The van der Waals surface area contributed by atoms with E-state index in [1.807, 2.05) is 24.3 Å². The Hall–Kier alpha value is -0.310. The molecule has 0 saturated carbocycles. The summed E-state index contributed by atoms with van der Waals surface area (Å²) in [7, 11) is 0. The molecule has 3 heteroatoms. The van der Waals surface area contributed by atoms with Crippen LogP contribution in [0.15, 0.2) is 35.3 Å². The fraction of sp³-hybridized carbons (Fsp3) is 0.273. The van der Waals surface area contributed by atoms with E-state index in [0.717, 1.165) is 22.9 Å². The van der Waals surface area contributed by atoms with Gasteiger partial charge in [0.05, 0.1) is 5.02 Å². The molecular weight excluding hydrogens is 261 g/mol. The van der Waals surface area contributed by atoms with Gasteiger partial charge < -0.3 is 5.73 Å². The summed E-state index contributed by atoms with van der Waals surface area (Å²) >= 11 is 9.26. The van der Waals surface area contributed by atoms with Gasteiger partial charge in [0.15, 0.2) is 0 Å². The molecule has 1 aromatic carbocycles. The zero-order valence-electron chi connectivity index (χ0n) is 7.84. The van der Waals surface area contributed by atoms with Crippen molar-refractivity contribution in [1.82, 2.24) is 0 Å². The van der Waals surface area contributed by atoms with E-state index in [1.54, 1.807) is 0 Å². The Morgan fingerprint density at radius 2 is 2.29 bits per heavy atom. The van der Waals surface area contributed by atoms with Gasteiger partial charge in [-0.05, 0) is 46.5 Å². The van der Waals surface area contributed by atoms with Crippen molar-refractivity contribution in [2.45, 2.75) is 18.9 Å². The first-order valence-corrected chi connectivity index (χ1v) is 5.63. The molecule has 0 bridgehead atoms. The lowest BCUT2D eigenvalue weighted by Crippen LogP contribution is -2.09. The van der Waals surface area contributed by atoms with Crippen LogP contribution in [0.3, 0.4) is 0 Å². The summed E-state index contributed by atoms with van der Waals surface area (Å²) in [5.41, 5.74) is 7.09. The van der Waals surface area contributed by atoms with E-state index in [0.29, 0.717) is 5.02 Å². The van der Waals surface area contributed by atoms with Crippen LogP contribution in [0.25, 0.3) is 0 Å². The zero-order chi connectivity index (χ0) is 10.6. The van der Waals surface area contributed by atoms with Crippen LogP contribution in [-0.2, 0) is 0 Å². The van der Waals surface area contributed by atoms with Crippen LogP contribution in [-0.4, -0.2) is 0 Å². The fourth-order valence-electron chi connectivity index (χ4n) is 1.21. The molecule has 2 N–H and O–H groups in total. The van der Waals surface area contributed by atoms with Crippen LogP contribution >= 0.6 is 27.5 Å². The number of halogens is 2. The Morgan fingerprint density at radius 3 is 2.86 bits per heavy atom. The average Bonchev–Trinajstić information content (AvgIpc) is 2.18. The molecule has 0 fully saturated rings. The van der Waals surface area contributed by atoms with Crippen molar-refractivity contribution in [2.24, 2.45) is 5.73 Å². The lowest BCUT2D eigenvalue weighted by molar-refractivity contribution is 0.661. The van der Waals surface area contributed by atoms with Gasteiger partial charge in [-0.2, -0.15) is 0 Å². The number of rotatable bonds is 4. The molecule has 0 amide bonds. The van der Waals surface area contributed by atoms with Crippen molar-refractivity contribution >= 4 is 27.5 Å². The van der Waals surface area contributed by atoms with Gasteiger partial charge in [-0.3, -0.25) is 0 Å². The number of hydrogen-bond donors (Lipinski definition) is 1. The van der Waals surface area contributed by atoms with Crippen LogP contribution in [0.1, 0.15) is 24.4 Å². The summed E-state index contributed by atoms with van der Waals surface area (Å²) in [6.45, 7) is 3.67. The van der Waals surface area contributed by atoms with Gasteiger partial charge in [0.25, 0.3) is 0 Å². The predicted octanol–water partition coefficient (Wildman–Crippen LogP) is 4.07. The smallest absolute Gasteiger partial charge is 0.0548 e. The number of hydrogen-bond acceptors (Lipinski definition) is 1. The highest BCUT2D eigenvalue weighted by Gasteiger charge is 2.06. The van der Waals surface area contributed by atoms with Crippen LogP contribution < -0.4 is 5.73 Å². The maximum absolute atomic E-state index is 5.99. The molecule has 0 aliphatic carbocycles. The van der Waals surface area contributed by atoms with E-state index in [9.17, 15) is 0 Å². The van der Waals surface area contributed by atoms with E-state index in [-0.39, 0.29) is 6.04 Å². The largest absolute Gasteiger partial charge is 0.324 e. The second-order valence-electron chi connectivity index (χ2n) is 3.15. The molecule has 0 aliphatic rings. The Kier molecular flexibility index (Phi) is 4.66. The third-order valence-corrected chi connectivity index (χ3v) is 3.27. The Labute approximate surface area is 98.1 Å². The second kappa shape index (κ2) is 5.54. The van der Waals surface area contributed by atoms with Crippen molar-refractivity contribution in [2.75, 3.05) is 0 Å². The van der Waals surface area contributed by atoms with Crippen molar-refractivity contribution in [3.63, 3.8) is 0 Å². The minimum atomic E-state index is 0.0570. The van der Waals surface area contributed by atoms with E-state index in [2.05, 4.69) is 22.5 Å². The molecule has 1 aromatic rings. The molecule has 14 heavy (non-hydrogen) atoms. The van der Waals surface area contributed by atoms with Crippen LogP contribution in [0.4, 0.5) is 0 Å². The van der Waals surface area contributed by atoms with E-state index < -0.39 is 0 Å². The first-order chi connectivity index (χ1) is 6.65. The highest BCUT2D eigenvalue weighted by atomic mass is 79.9. The first kappa shape index (κ1) is 11.8. The SMILES string of the molecule is C=CCCC(N)c1ccc(Cl)c(Br)c1. The summed E-state index contributed by atoms with van der Waals surface area (Å²) in [5.74, 6) is 0. The molecule has 76 valence electrons. The van der Waals surface area contributed by atoms with E-state index in [4.69, 9.17) is 17.3 Å². The second-order valence-corrected chi connectivity index (χ2v) is 4.41. The van der Waals surface area contributed by atoms with Crippen molar-refractivity contribution in [3.05, 3.63) is 45.9 Å². The zero-order valence-corrected chi connectivity index (χ0v) is 10.2. The van der Waals surface area contributed by atoms with Crippen molar-refractivity contribution in [1.29, 1.82) is 0 Å². The fourth-order valence-corrected chi connectivity index (χ4v) is 1.72. The third-order valence-electron chi connectivity index (χ3n) is 2.05. The highest BCUT2D eigenvalue weighted by molar-refractivity contribution is 9.10. The van der Waals surface area contributed by atoms with Crippen LogP contribution in [0.5, 0.6) is 0 Å². The van der Waals surface area contributed by atoms with Gasteiger partial charge in [-0.15, -0.1) is 6.58 Å². The molecular formula is C11H13BrClN.